The molecule has 1 aromatic carbocycles. The van der Waals surface area contributed by atoms with Crippen molar-refractivity contribution in [3.63, 3.8) is 0 Å². The number of carbonyl (C=O) groups excluding carboxylic acids is 1. The highest BCUT2D eigenvalue weighted by atomic mass is 32.2. The molecule has 1 aliphatic heterocycles. The van der Waals surface area contributed by atoms with E-state index < -0.39 is 15.8 Å². The maximum atomic E-state index is 13.0. The molecule has 1 atom stereocenters. The SMILES string of the molecule is CS(=O)(=O)N1CCCC(COc2ccc(F)cc2C=O)C1. The van der Waals surface area contributed by atoms with Gasteiger partial charge in [-0.15, -0.1) is 0 Å². The predicted molar refractivity (Wildman–Crippen MR) is 76.4 cm³/mol. The van der Waals surface area contributed by atoms with E-state index in [4.69, 9.17) is 4.74 Å². The van der Waals surface area contributed by atoms with Crippen LogP contribution in [0.4, 0.5) is 4.39 Å². The highest BCUT2D eigenvalue weighted by Crippen LogP contribution is 2.22. The Kier molecular flexibility index (Phi) is 4.95. The smallest absolute Gasteiger partial charge is 0.211 e. The van der Waals surface area contributed by atoms with Gasteiger partial charge < -0.3 is 4.74 Å². The largest absolute Gasteiger partial charge is 0.493 e. The third-order valence-electron chi connectivity index (χ3n) is 3.52. The van der Waals surface area contributed by atoms with E-state index >= 15 is 0 Å². The minimum atomic E-state index is -3.19. The van der Waals surface area contributed by atoms with Gasteiger partial charge in [0.2, 0.25) is 10.0 Å². The molecule has 1 saturated heterocycles. The minimum absolute atomic E-state index is 0.0676. The number of rotatable bonds is 5. The average Bonchev–Trinajstić information content (AvgIpc) is 2.45. The fourth-order valence-corrected chi connectivity index (χ4v) is 3.36. The van der Waals surface area contributed by atoms with Crippen LogP contribution < -0.4 is 4.74 Å². The molecule has 1 heterocycles. The molecule has 21 heavy (non-hydrogen) atoms. The molecule has 0 bridgehead atoms. The summed E-state index contributed by atoms with van der Waals surface area (Å²) in [5, 5.41) is 0. The Morgan fingerprint density at radius 2 is 2.24 bits per heavy atom. The Balaban J connectivity index is 1.98. The number of carbonyl (C=O) groups is 1. The van der Waals surface area contributed by atoms with Crippen LogP contribution >= 0.6 is 0 Å². The Morgan fingerprint density at radius 3 is 2.90 bits per heavy atom. The van der Waals surface area contributed by atoms with Crippen molar-refractivity contribution in [3.05, 3.63) is 29.6 Å². The average molecular weight is 315 g/mol. The van der Waals surface area contributed by atoms with E-state index in [0.29, 0.717) is 31.7 Å². The highest BCUT2D eigenvalue weighted by molar-refractivity contribution is 7.88. The number of aldehydes is 1. The van der Waals surface area contributed by atoms with Crippen molar-refractivity contribution in [2.24, 2.45) is 5.92 Å². The summed E-state index contributed by atoms with van der Waals surface area (Å²) in [6.07, 6.45) is 3.39. The molecule has 0 amide bonds. The maximum Gasteiger partial charge on any atom is 0.211 e. The van der Waals surface area contributed by atoms with Crippen LogP contribution in [-0.4, -0.2) is 45.0 Å². The second kappa shape index (κ2) is 6.53. The van der Waals surface area contributed by atoms with E-state index in [9.17, 15) is 17.6 Å². The summed E-state index contributed by atoms with van der Waals surface area (Å²) < 4.78 is 43.1. The standard InChI is InChI=1S/C14H18FNO4S/c1-21(18,19)16-6-2-3-11(8-16)10-20-14-5-4-13(15)7-12(14)9-17/h4-5,7,9,11H,2-3,6,8,10H2,1H3. The molecule has 0 aromatic heterocycles. The van der Waals surface area contributed by atoms with Gasteiger partial charge in [0.25, 0.3) is 0 Å². The normalized spacial score (nSPS) is 20.2. The molecular weight excluding hydrogens is 297 g/mol. The lowest BCUT2D eigenvalue weighted by Gasteiger charge is -2.30. The van der Waals surface area contributed by atoms with Gasteiger partial charge in [-0.1, -0.05) is 0 Å². The van der Waals surface area contributed by atoms with Gasteiger partial charge in [0.1, 0.15) is 11.6 Å². The molecule has 116 valence electrons. The molecule has 7 heteroatoms. The fraction of sp³-hybridized carbons (Fsp3) is 0.500. The summed E-state index contributed by atoms with van der Waals surface area (Å²) in [6.45, 7) is 1.25. The number of halogens is 1. The van der Waals surface area contributed by atoms with E-state index in [1.165, 1.54) is 22.7 Å². The van der Waals surface area contributed by atoms with Gasteiger partial charge in [-0.25, -0.2) is 17.1 Å². The zero-order valence-corrected chi connectivity index (χ0v) is 12.6. The lowest BCUT2D eigenvalue weighted by molar-refractivity contribution is 0.111. The zero-order chi connectivity index (χ0) is 15.5. The molecule has 0 N–H and O–H groups in total. The molecular formula is C14H18FNO4S. The number of piperidine rings is 1. The molecule has 0 saturated carbocycles. The van der Waals surface area contributed by atoms with Crippen LogP contribution in [0, 0.1) is 11.7 Å². The van der Waals surface area contributed by atoms with Gasteiger partial charge >= 0.3 is 0 Å². The molecule has 1 aliphatic rings. The van der Waals surface area contributed by atoms with E-state index in [-0.39, 0.29) is 11.5 Å². The summed E-state index contributed by atoms with van der Waals surface area (Å²) in [5.41, 5.74) is 0.158. The van der Waals surface area contributed by atoms with Crippen LogP contribution in [0.2, 0.25) is 0 Å². The van der Waals surface area contributed by atoms with Gasteiger partial charge in [-0.2, -0.15) is 0 Å². The van der Waals surface area contributed by atoms with Crippen LogP contribution in [0.3, 0.4) is 0 Å². The summed E-state index contributed by atoms with van der Waals surface area (Å²) in [4.78, 5) is 10.9. The first-order valence-corrected chi connectivity index (χ1v) is 8.57. The zero-order valence-electron chi connectivity index (χ0n) is 11.8. The predicted octanol–water partition coefficient (Wildman–Crippen LogP) is 1.69. The first kappa shape index (κ1) is 15.9. The third kappa shape index (κ3) is 4.25. The van der Waals surface area contributed by atoms with E-state index in [0.717, 1.165) is 18.9 Å². The fourth-order valence-electron chi connectivity index (χ4n) is 2.41. The lowest BCUT2D eigenvalue weighted by Crippen LogP contribution is -2.40. The van der Waals surface area contributed by atoms with Crippen LogP contribution in [0.25, 0.3) is 0 Å². The molecule has 0 radical (unpaired) electrons. The number of nitrogens with zero attached hydrogens (tertiary/aromatic N) is 1. The van der Waals surface area contributed by atoms with Crippen LogP contribution in [0.15, 0.2) is 18.2 Å². The van der Waals surface area contributed by atoms with Crippen molar-refractivity contribution in [1.29, 1.82) is 0 Å². The number of benzene rings is 1. The second-order valence-electron chi connectivity index (χ2n) is 5.24. The number of sulfonamides is 1. The summed E-state index contributed by atoms with van der Waals surface area (Å²) in [6, 6.07) is 3.76. The summed E-state index contributed by atoms with van der Waals surface area (Å²) in [5.74, 6) is -0.105. The van der Waals surface area contributed by atoms with Gasteiger partial charge in [-0.3, -0.25) is 4.79 Å². The van der Waals surface area contributed by atoms with Crippen molar-refractivity contribution in [2.45, 2.75) is 12.8 Å². The Hall–Kier alpha value is -1.47. The van der Waals surface area contributed by atoms with E-state index in [2.05, 4.69) is 0 Å². The lowest BCUT2D eigenvalue weighted by atomic mass is 10.0. The quantitative estimate of drug-likeness (QED) is 0.776. The van der Waals surface area contributed by atoms with Gasteiger partial charge in [0, 0.05) is 19.0 Å². The Labute approximate surface area is 123 Å². The van der Waals surface area contributed by atoms with Crippen molar-refractivity contribution >= 4 is 16.3 Å². The monoisotopic (exact) mass is 315 g/mol. The van der Waals surface area contributed by atoms with Crippen molar-refractivity contribution < 1.29 is 22.3 Å². The molecule has 0 spiro atoms. The van der Waals surface area contributed by atoms with Crippen LogP contribution in [0.5, 0.6) is 5.75 Å². The maximum absolute atomic E-state index is 13.0. The highest BCUT2D eigenvalue weighted by Gasteiger charge is 2.26. The van der Waals surface area contributed by atoms with Gasteiger partial charge in [-0.05, 0) is 31.0 Å². The Morgan fingerprint density at radius 1 is 1.48 bits per heavy atom. The van der Waals surface area contributed by atoms with E-state index in [1.54, 1.807) is 0 Å². The van der Waals surface area contributed by atoms with Crippen molar-refractivity contribution in [1.82, 2.24) is 4.31 Å². The Bertz CT molecular complexity index is 617. The van der Waals surface area contributed by atoms with Crippen molar-refractivity contribution in [3.8, 4) is 5.75 Å². The molecule has 1 unspecified atom stereocenters. The van der Waals surface area contributed by atoms with Gasteiger partial charge in [0.05, 0.1) is 18.4 Å². The molecule has 2 rings (SSSR count). The van der Waals surface area contributed by atoms with Crippen LogP contribution in [-0.2, 0) is 10.0 Å². The first-order valence-electron chi connectivity index (χ1n) is 6.73. The number of hydrogen-bond acceptors (Lipinski definition) is 4. The van der Waals surface area contributed by atoms with Crippen molar-refractivity contribution in [2.75, 3.05) is 26.0 Å². The third-order valence-corrected chi connectivity index (χ3v) is 4.79. The van der Waals surface area contributed by atoms with Gasteiger partial charge in [0.15, 0.2) is 6.29 Å². The first-order chi connectivity index (χ1) is 9.90. The molecule has 0 aliphatic carbocycles. The summed E-state index contributed by atoms with van der Waals surface area (Å²) >= 11 is 0. The minimum Gasteiger partial charge on any atom is -0.493 e. The molecule has 5 nitrogen and oxygen atoms in total. The molecule has 1 fully saturated rings. The van der Waals surface area contributed by atoms with Crippen LogP contribution in [0.1, 0.15) is 23.2 Å². The second-order valence-corrected chi connectivity index (χ2v) is 7.22. The molecule has 1 aromatic rings. The number of hydrogen-bond donors (Lipinski definition) is 0. The summed E-state index contributed by atoms with van der Waals surface area (Å²) in [7, 11) is -3.19. The number of ether oxygens (including phenoxy) is 1. The van der Waals surface area contributed by atoms with E-state index in [1.807, 2.05) is 0 Å². The topological polar surface area (TPSA) is 63.7 Å².